The molecular weight excluding hydrogens is 305 g/mol. The van der Waals surface area contributed by atoms with Gasteiger partial charge in [-0.2, -0.15) is 4.79 Å². The fourth-order valence-electron chi connectivity index (χ4n) is 2.71. The Kier molecular flexibility index (Phi) is 3.73. The summed E-state index contributed by atoms with van der Waals surface area (Å²) in [6, 6.07) is 4.60. The second kappa shape index (κ2) is 5.71. The molecule has 2 heterocycles. The lowest BCUT2D eigenvalue weighted by Crippen LogP contribution is -2.45. The van der Waals surface area contributed by atoms with Crippen molar-refractivity contribution in [3.05, 3.63) is 40.2 Å². The summed E-state index contributed by atoms with van der Waals surface area (Å²) in [6.07, 6.45) is 1.48. The molecule has 1 fully saturated rings. The van der Waals surface area contributed by atoms with E-state index in [-0.39, 0.29) is 15.7 Å². The number of anilines is 1. The highest BCUT2D eigenvalue weighted by atomic mass is 19.2. The normalized spacial score (nSPS) is 15.0. The van der Waals surface area contributed by atoms with E-state index in [9.17, 15) is 18.9 Å². The number of hydrogen-bond donors (Lipinski definition) is 1. The van der Waals surface area contributed by atoms with Crippen LogP contribution in [0.2, 0.25) is 0 Å². The standard InChI is InChI=1S/C15H14FN3O4/c16-19-8-12(15(22)23)14(21)11-2-1-10(7-13(11)19)18-5-3-17(9-20)4-6-18/h1-2,7-9H,3-6H2,(H,22,23). The maximum absolute atomic E-state index is 14.1. The minimum absolute atomic E-state index is 0.0164. The summed E-state index contributed by atoms with van der Waals surface area (Å²) in [6.45, 7) is 2.35. The molecule has 1 aromatic heterocycles. The minimum atomic E-state index is -1.46. The molecule has 1 aliphatic rings. The molecule has 1 N–H and O–H groups in total. The quantitative estimate of drug-likeness (QED) is 0.843. The molecule has 1 amide bonds. The molecule has 1 aromatic carbocycles. The third-order valence-corrected chi connectivity index (χ3v) is 4.00. The fourth-order valence-corrected chi connectivity index (χ4v) is 2.71. The molecule has 2 aromatic rings. The van der Waals surface area contributed by atoms with Gasteiger partial charge in [0.25, 0.3) is 0 Å². The number of piperazine rings is 1. The van der Waals surface area contributed by atoms with Crippen LogP contribution in [0.15, 0.2) is 29.2 Å². The fraction of sp³-hybridized carbons (Fsp3) is 0.267. The zero-order valence-electron chi connectivity index (χ0n) is 12.1. The molecule has 0 spiro atoms. The number of amides is 1. The van der Waals surface area contributed by atoms with E-state index < -0.39 is 17.0 Å². The van der Waals surface area contributed by atoms with Gasteiger partial charge >= 0.3 is 5.97 Å². The van der Waals surface area contributed by atoms with E-state index in [2.05, 4.69) is 0 Å². The largest absolute Gasteiger partial charge is 0.477 e. The number of carbonyl (C=O) groups is 2. The van der Waals surface area contributed by atoms with E-state index in [0.717, 1.165) is 12.1 Å². The molecule has 3 rings (SSSR count). The highest BCUT2D eigenvalue weighted by Crippen LogP contribution is 2.22. The maximum Gasteiger partial charge on any atom is 0.341 e. The molecule has 1 saturated heterocycles. The van der Waals surface area contributed by atoms with Crippen molar-refractivity contribution >= 4 is 29.0 Å². The Morgan fingerprint density at radius 3 is 2.52 bits per heavy atom. The molecule has 0 bridgehead atoms. The van der Waals surface area contributed by atoms with E-state index >= 15 is 0 Å². The molecular formula is C15H14FN3O4. The summed E-state index contributed by atoms with van der Waals surface area (Å²) < 4.78 is 14.1. The van der Waals surface area contributed by atoms with Gasteiger partial charge in [0.2, 0.25) is 11.8 Å². The van der Waals surface area contributed by atoms with Crippen molar-refractivity contribution in [2.24, 2.45) is 0 Å². The third-order valence-electron chi connectivity index (χ3n) is 4.00. The van der Waals surface area contributed by atoms with Crippen LogP contribution < -0.4 is 10.3 Å². The van der Waals surface area contributed by atoms with Crippen molar-refractivity contribution < 1.29 is 19.2 Å². The van der Waals surface area contributed by atoms with Crippen molar-refractivity contribution in [2.75, 3.05) is 31.1 Å². The second-order valence-electron chi connectivity index (χ2n) is 5.32. The first-order valence-electron chi connectivity index (χ1n) is 7.04. The lowest BCUT2D eigenvalue weighted by atomic mass is 10.1. The first-order valence-corrected chi connectivity index (χ1v) is 7.04. The van der Waals surface area contributed by atoms with Crippen LogP contribution in [-0.2, 0) is 4.79 Å². The molecule has 8 heteroatoms. The van der Waals surface area contributed by atoms with E-state index in [1.165, 1.54) is 12.1 Å². The van der Waals surface area contributed by atoms with Crippen molar-refractivity contribution in [2.45, 2.75) is 0 Å². The number of carboxylic acids is 1. The number of pyridine rings is 1. The maximum atomic E-state index is 14.1. The highest BCUT2D eigenvalue weighted by Gasteiger charge is 2.19. The van der Waals surface area contributed by atoms with E-state index in [1.54, 1.807) is 11.0 Å². The van der Waals surface area contributed by atoms with Crippen LogP contribution in [0.3, 0.4) is 0 Å². The topological polar surface area (TPSA) is 82.8 Å². The zero-order valence-corrected chi connectivity index (χ0v) is 12.1. The molecule has 0 atom stereocenters. The smallest absolute Gasteiger partial charge is 0.341 e. The van der Waals surface area contributed by atoms with Crippen molar-refractivity contribution in [1.29, 1.82) is 0 Å². The molecule has 0 saturated carbocycles. The number of nitrogens with zero attached hydrogens (tertiary/aromatic N) is 3. The van der Waals surface area contributed by atoms with Crippen LogP contribution >= 0.6 is 0 Å². The summed E-state index contributed by atoms with van der Waals surface area (Å²) in [5.74, 6) is -1.46. The first-order chi connectivity index (χ1) is 11.0. The first kappa shape index (κ1) is 15.0. The van der Waals surface area contributed by atoms with Crippen LogP contribution in [0, 0.1) is 0 Å². The highest BCUT2D eigenvalue weighted by molar-refractivity contribution is 5.93. The Bertz CT molecular complexity index is 840. The number of halogens is 1. The van der Waals surface area contributed by atoms with Gasteiger partial charge in [0, 0.05) is 37.3 Å². The van der Waals surface area contributed by atoms with Gasteiger partial charge in [-0.3, -0.25) is 9.59 Å². The van der Waals surface area contributed by atoms with Crippen LogP contribution in [0.25, 0.3) is 10.9 Å². The van der Waals surface area contributed by atoms with Gasteiger partial charge in [-0.15, -0.1) is 0 Å². The number of aromatic carboxylic acids is 1. The van der Waals surface area contributed by atoms with Gasteiger partial charge in [0.15, 0.2) is 0 Å². The predicted molar refractivity (Wildman–Crippen MR) is 81.5 cm³/mol. The molecule has 7 nitrogen and oxygen atoms in total. The number of hydrogen-bond acceptors (Lipinski definition) is 4. The minimum Gasteiger partial charge on any atom is -0.477 e. The van der Waals surface area contributed by atoms with Gasteiger partial charge in [-0.05, 0) is 18.2 Å². The lowest BCUT2D eigenvalue weighted by Gasteiger charge is -2.34. The monoisotopic (exact) mass is 319 g/mol. The Labute approximate surface area is 130 Å². The molecule has 120 valence electrons. The predicted octanol–water partition coefficient (Wildman–Crippen LogP) is 0.711. The molecule has 23 heavy (non-hydrogen) atoms. The number of carboxylic acid groups (broad SMARTS) is 1. The van der Waals surface area contributed by atoms with Gasteiger partial charge in [-0.25, -0.2) is 4.79 Å². The Hall–Kier alpha value is -2.90. The van der Waals surface area contributed by atoms with Gasteiger partial charge in [0.05, 0.1) is 11.7 Å². The van der Waals surface area contributed by atoms with Gasteiger partial charge < -0.3 is 14.9 Å². The number of benzene rings is 1. The number of rotatable bonds is 3. The molecule has 0 radical (unpaired) electrons. The Morgan fingerprint density at radius 1 is 1.22 bits per heavy atom. The molecule has 0 unspecified atom stereocenters. The summed E-state index contributed by atoms with van der Waals surface area (Å²) in [7, 11) is 0. The van der Waals surface area contributed by atoms with Gasteiger partial charge in [0.1, 0.15) is 5.56 Å². The number of carbonyl (C=O) groups excluding carboxylic acids is 1. The Morgan fingerprint density at radius 2 is 1.91 bits per heavy atom. The third kappa shape index (κ3) is 2.63. The summed E-state index contributed by atoms with van der Waals surface area (Å²) >= 11 is 0. The molecule has 1 aliphatic heterocycles. The number of fused-ring (bicyclic) bond motifs is 1. The molecule has 0 aliphatic carbocycles. The van der Waals surface area contributed by atoms with Crippen LogP contribution in [0.5, 0.6) is 0 Å². The lowest BCUT2D eigenvalue weighted by molar-refractivity contribution is -0.118. The van der Waals surface area contributed by atoms with Crippen molar-refractivity contribution in [1.82, 2.24) is 9.69 Å². The summed E-state index contributed by atoms with van der Waals surface area (Å²) in [5, 5.41) is 8.95. The van der Waals surface area contributed by atoms with E-state index in [0.29, 0.717) is 32.4 Å². The average Bonchev–Trinajstić information content (AvgIpc) is 2.57. The van der Waals surface area contributed by atoms with Crippen molar-refractivity contribution in [3.63, 3.8) is 0 Å². The second-order valence-corrected chi connectivity index (χ2v) is 5.32. The zero-order chi connectivity index (χ0) is 16.6. The summed E-state index contributed by atoms with van der Waals surface area (Å²) in [4.78, 5) is 37.6. The van der Waals surface area contributed by atoms with Gasteiger partial charge in [-0.1, -0.05) is 4.48 Å². The van der Waals surface area contributed by atoms with E-state index in [1.807, 2.05) is 4.90 Å². The van der Waals surface area contributed by atoms with Crippen molar-refractivity contribution in [3.8, 4) is 0 Å². The Balaban J connectivity index is 2.02. The number of aromatic nitrogens is 1. The van der Waals surface area contributed by atoms with E-state index in [4.69, 9.17) is 5.11 Å². The van der Waals surface area contributed by atoms with Crippen LogP contribution in [0.4, 0.5) is 10.2 Å². The summed E-state index contributed by atoms with van der Waals surface area (Å²) in [5.41, 5.74) is -0.571. The average molecular weight is 319 g/mol. The van der Waals surface area contributed by atoms with Crippen LogP contribution in [0.1, 0.15) is 10.4 Å². The van der Waals surface area contributed by atoms with Crippen LogP contribution in [-0.4, -0.2) is 53.4 Å². The SMILES string of the molecule is O=CN1CCN(c2ccc3c(=O)c(C(=O)O)cn(F)c3c2)CC1.